The Morgan fingerprint density at radius 3 is 2.67 bits per heavy atom. The van der Waals surface area contributed by atoms with E-state index in [9.17, 15) is 4.79 Å². The van der Waals surface area contributed by atoms with Crippen LogP contribution in [0.1, 0.15) is 10.4 Å². The predicted octanol–water partition coefficient (Wildman–Crippen LogP) is 1.19. The van der Waals surface area contributed by atoms with Crippen molar-refractivity contribution < 1.29 is 4.79 Å². The first-order valence-electron chi connectivity index (χ1n) is 4.87. The number of carbonyl (C=O) groups is 1. The van der Waals surface area contributed by atoms with Crippen molar-refractivity contribution in [3.8, 4) is 0 Å². The second kappa shape index (κ2) is 4.89. The summed E-state index contributed by atoms with van der Waals surface area (Å²) < 4.78 is 2.20. The van der Waals surface area contributed by atoms with Crippen LogP contribution in [0.5, 0.6) is 0 Å². The van der Waals surface area contributed by atoms with Gasteiger partial charge in [0.2, 0.25) is 0 Å². The normalized spacial score (nSPS) is 17.8. The lowest BCUT2D eigenvalue weighted by Gasteiger charge is -2.31. The van der Waals surface area contributed by atoms with Gasteiger partial charge in [-0.1, -0.05) is 0 Å². The minimum atomic E-state index is 0.0904. The number of aromatic nitrogens is 1. The van der Waals surface area contributed by atoms with Crippen molar-refractivity contribution in [2.45, 2.75) is 0 Å². The van der Waals surface area contributed by atoms with Crippen LogP contribution in [0.2, 0.25) is 0 Å². The fraction of sp³-hybridized carbons (Fsp3) is 0.400. The Morgan fingerprint density at radius 1 is 1.33 bits per heavy atom. The Balaban J connectivity index is 2.03. The highest BCUT2D eigenvalue weighted by molar-refractivity contribution is 14.1. The van der Waals surface area contributed by atoms with E-state index in [4.69, 9.17) is 0 Å². The molecule has 1 amide bonds. The SMILES string of the molecule is O=C(c1cccnc1)N1CCN(I)CC1. The quantitative estimate of drug-likeness (QED) is 0.577. The lowest BCUT2D eigenvalue weighted by atomic mass is 10.2. The van der Waals surface area contributed by atoms with E-state index < -0.39 is 0 Å². The van der Waals surface area contributed by atoms with Crippen LogP contribution >= 0.6 is 22.9 Å². The Hall–Kier alpha value is -0.690. The molecule has 0 bridgehead atoms. The number of hydrogen-bond acceptors (Lipinski definition) is 3. The van der Waals surface area contributed by atoms with Crippen molar-refractivity contribution in [1.29, 1.82) is 0 Å². The van der Waals surface area contributed by atoms with Gasteiger partial charge in [0.1, 0.15) is 0 Å². The summed E-state index contributed by atoms with van der Waals surface area (Å²) in [5.41, 5.74) is 0.680. The van der Waals surface area contributed by atoms with Gasteiger partial charge in [-0.3, -0.25) is 9.78 Å². The molecule has 0 unspecified atom stereocenters. The molecule has 0 saturated carbocycles. The summed E-state index contributed by atoms with van der Waals surface area (Å²) in [5, 5.41) is 0. The molecule has 0 N–H and O–H groups in total. The van der Waals surface area contributed by atoms with E-state index in [0.29, 0.717) is 5.56 Å². The smallest absolute Gasteiger partial charge is 0.255 e. The van der Waals surface area contributed by atoms with Crippen LogP contribution in [0, 0.1) is 0 Å². The molecule has 1 aliphatic heterocycles. The van der Waals surface area contributed by atoms with E-state index in [1.54, 1.807) is 18.5 Å². The molecular formula is C10H12IN3O. The van der Waals surface area contributed by atoms with Crippen molar-refractivity contribution in [3.63, 3.8) is 0 Å². The van der Waals surface area contributed by atoms with Crippen LogP contribution in [-0.4, -0.2) is 45.1 Å². The third-order valence-corrected chi connectivity index (χ3v) is 3.39. The number of carbonyl (C=O) groups excluding carboxylic acids is 1. The van der Waals surface area contributed by atoms with Gasteiger partial charge in [-0.2, -0.15) is 0 Å². The average molecular weight is 317 g/mol. The van der Waals surface area contributed by atoms with Gasteiger partial charge in [0.15, 0.2) is 0 Å². The largest absolute Gasteiger partial charge is 0.336 e. The zero-order valence-electron chi connectivity index (χ0n) is 8.27. The summed E-state index contributed by atoms with van der Waals surface area (Å²) >= 11 is 2.29. The first-order chi connectivity index (χ1) is 7.27. The minimum Gasteiger partial charge on any atom is -0.336 e. The number of halogens is 1. The summed E-state index contributed by atoms with van der Waals surface area (Å²) in [4.78, 5) is 17.8. The molecule has 15 heavy (non-hydrogen) atoms. The van der Waals surface area contributed by atoms with Gasteiger partial charge in [-0.25, -0.2) is 3.11 Å². The second-order valence-corrected chi connectivity index (χ2v) is 4.81. The second-order valence-electron chi connectivity index (χ2n) is 3.44. The van der Waals surface area contributed by atoms with Gasteiger partial charge in [-0.15, -0.1) is 0 Å². The predicted molar refractivity (Wildman–Crippen MR) is 65.7 cm³/mol. The summed E-state index contributed by atoms with van der Waals surface area (Å²) in [5.74, 6) is 0.0904. The van der Waals surface area contributed by atoms with Crippen LogP contribution in [-0.2, 0) is 0 Å². The molecule has 4 nitrogen and oxygen atoms in total. The average Bonchev–Trinajstić information content (AvgIpc) is 2.30. The molecule has 0 aromatic carbocycles. The number of nitrogens with zero attached hydrogens (tertiary/aromatic N) is 3. The van der Waals surface area contributed by atoms with Crippen LogP contribution < -0.4 is 0 Å². The highest BCUT2D eigenvalue weighted by atomic mass is 127. The third-order valence-electron chi connectivity index (χ3n) is 2.42. The van der Waals surface area contributed by atoms with Crippen molar-refractivity contribution in [3.05, 3.63) is 30.1 Å². The molecule has 1 aromatic heterocycles. The zero-order valence-corrected chi connectivity index (χ0v) is 10.4. The fourth-order valence-electron chi connectivity index (χ4n) is 1.56. The van der Waals surface area contributed by atoms with Gasteiger partial charge in [-0.05, 0) is 12.1 Å². The third kappa shape index (κ3) is 2.66. The zero-order chi connectivity index (χ0) is 10.7. The van der Waals surface area contributed by atoms with Crippen LogP contribution in [0.25, 0.3) is 0 Å². The molecule has 0 aliphatic carbocycles. The molecular weight excluding hydrogens is 305 g/mol. The maximum absolute atomic E-state index is 12.0. The molecule has 80 valence electrons. The fourth-order valence-corrected chi connectivity index (χ4v) is 1.99. The monoisotopic (exact) mass is 317 g/mol. The Labute approximate surface area is 103 Å². The number of pyridine rings is 1. The molecule has 0 radical (unpaired) electrons. The van der Waals surface area contributed by atoms with Gasteiger partial charge < -0.3 is 4.90 Å². The van der Waals surface area contributed by atoms with Crippen LogP contribution in [0.15, 0.2) is 24.5 Å². The molecule has 2 heterocycles. The lowest BCUT2D eigenvalue weighted by molar-refractivity contribution is 0.0710. The number of rotatable bonds is 1. The number of hydrogen-bond donors (Lipinski definition) is 0. The van der Waals surface area contributed by atoms with E-state index in [-0.39, 0.29) is 5.91 Å². The summed E-state index contributed by atoms with van der Waals surface area (Å²) in [6.07, 6.45) is 3.30. The van der Waals surface area contributed by atoms with E-state index >= 15 is 0 Å². The Kier molecular flexibility index (Phi) is 3.53. The van der Waals surface area contributed by atoms with E-state index in [1.165, 1.54) is 0 Å². The minimum absolute atomic E-state index is 0.0904. The molecule has 1 saturated heterocycles. The Bertz CT molecular complexity index is 336. The molecule has 1 aliphatic rings. The van der Waals surface area contributed by atoms with Gasteiger partial charge in [0.25, 0.3) is 5.91 Å². The summed E-state index contributed by atoms with van der Waals surface area (Å²) in [6.45, 7) is 3.48. The van der Waals surface area contributed by atoms with E-state index in [0.717, 1.165) is 26.2 Å². The molecule has 5 heteroatoms. The first kappa shape index (κ1) is 10.8. The van der Waals surface area contributed by atoms with Gasteiger partial charge in [0.05, 0.1) is 5.56 Å². The highest BCUT2D eigenvalue weighted by Crippen LogP contribution is 2.10. The van der Waals surface area contributed by atoms with Crippen molar-refractivity contribution in [2.75, 3.05) is 26.2 Å². The molecule has 0 spiro atoms. The van der Waals surface area contributed by atoms with Crippen molar-refractivity contribution in [1.82, 2.24) is 13.0 Å². The summed E-state index contributed by atoms with van der Waals surface area (Å²) in [7, 11) is 0. The van der Waals surface area contributed by atoms with Gasteiger partial charge >= 0.3 is 0 Å². The molecule has 0 atom stereocenters. The standard InChI is InChI=1S/C10H12IN3O/c11-14-6-4-13(5-7-14)10(15)9-2-1-3-12-8-9/h1-3,8H,4-7H2. The van der Waals surface area contributed by atoms with E-state index in [1.807, 2.05) is 11.0 Å². The highest BCUT2D eigenvalue weighted by Gasteiger charge is 2.20. The maximum atomic E-state index is 12.0. The van der Waals surface area contributed by atoms with Gasteiger partial charge in [0, 0.05) is 61.4 Å². The molecule has 1 aromatic rings. The lowest BCUT2D eigenvalue weighted by Crippen LogP contribution is -2.45. The summed E-state index contributed by atoms with van der Waals surface area (Å²) in [6, 6.07) is 3.60. The number of amides is 1. The van der Waals surface area contributed by atoms with Crippen LogP contribution in [0.4, 0.5) is 0 Å². The van der Waals surface area contributed by atoms with Crippen molar-refractivity contribution in [2.24, 2.45) is 0 Å². The molecule has 2 rings (SSSR count). The maximum Gasteiger partial charge on any atom is 0.255 e. The molecule has 1 fully saturated rings. The first-order valence-corrected chi connectivity index (χ1v) is 5.84. The number of piperazine rings is 1. The topological polar surface area (TPSA) is 36.4 Å². The van der Waals surface area contributed by atoms with Crippen molar-refractivity contribution >= 4 is 28.8 Å². The van der Waals surface area contributed by atoms with Crippen LogP contribution in [0.3, 0.4) is 0 Å². The van der Waals surface area contributed by atoms with E-state index in [2.05, 4.69) is 31.0 Å². The Morgan fingerprint density at radius 2 is 2.07 bits per heavy atom.